The van der Waals surface area contributed by atoms with Crippen molar-refractivity contribution in [1.29, 1.82) is 0 Å². The molecule has 4 fully saturated rings. The number of aromatic nitrogens is 3. The fraction of sp³-hybridized carbons (Fsp3) is 0.656. The van der Waals surface area contributed by atoms with Crippen LogP contribution in [-0.4, -0.2) is 207 Å². The molecule has 24 heteroatoms. The van der Waals surface area contributed by atoms with Crippen LogP contribution in [0.2, 0.25) is 0 Å². The molecule has 2 aromatic heterocycles. The van der Waals surface area contributed by atoms with Crippen LogP contribution >= 0.6 is 11.3 Å². The Kier molecular flexibility index (Phi) is 24.2. The first kappa shape index (κ1) is 65.1. The number of thiazole rings is 1. The zero-order valence-electron chi connectivity index (χ0n) is 50.3. The average Bonchev–Trinajstić information content (AvgIpc) is 4.49. The van der Waals surface area contributed by atoms with E-state index in [1.807, 2.05) is 74.5 Å². The lowest BCUT2D eigenvalue weighted by atomic mass is 9.85. The molecule has 0 bridgehead atoms. The first-order chi connectivity index (χ1) is 40.9. The summed E-state index contributed by atoms with van der Waals surface area (Å²) in [6, 6.07) is 9.94. The minimum absolute atomic E-state index is 0.00915. The number of fused-ring (bicyclic) bond motifs is 1. The van der Waals surface area contributed by atoms with E-state index in [1.54, 1.807) is 18.4 Å². The predicted molar refractivity (Wildman–Crippen MR) is 322 cm³/mol. The van der Waals surface area contributed by atoms with Crippen LogP contribution < -0.4 is 35.6 Å². The maximum Gasteiger partial charge on any atom is 0.251 e. The van der Waals surface area contributed by atoms with Crippen LogP contribution in [0, 0.1) is 12.3 Å². The summed E-state index contributed by atoms with van der Waals surface area (Å²) in [6.45, 7) is 16.4. The average molecular weight is 1210 g/mol. The number of nitrogens with one attached hydrogen (secondary N) is 4. The summed E-state index contributed by atoms with van der Waals surface area (Å²) in [4.78, 5) is 76.5. The van der Waals surface area contributed by atoms with Gasteiger partial charge >= 0.3 is 0 Å². The normalized spacial score (nSPS) is 19.1. The number of halogens is 2. The van der Waals surface area contributed by atoms with E-state index < -0.39 is 35.4 Å². The minimum atomic E-state index is -2.69. The summed E-state index contributed by atoms with van der Waals surface area (Å²) in [5.41, 5.74) is 4.68. The van der Waals surface area contributed by atoms with Gasteiger partial charge in [0.05, 0.1) is 81.1 Å². The van der Waals surface area contributed by atoms with Crippen molar-refractivity contribution in [2.45, 2.75) is 135 Å². The Morgan fingerprint density at radius 1 is 0.812 bits per heavy atom. The number of carbonyl (C=O) groups is 4. The SMILES string of the molecule is COc1cc2c(NC3CCN(CCCC(=O)NCCOCCOCCOCCC(=O)N[C@H](C(=O)N4C[C@H](O)C[C@H]4C(=O)NCc4ccc(-c5scnc5C)cc4)C(C)(C)C)CC3)nc(N3CCC(F)(F)CC3)nc2cc1OCCCN1CCCC1. The molecule has 0 unspecified atom stereocenters. The van der Waals surface area contributed by atoms with Crippen molar-refractivity contribution in [2.75, 3.05) is 129 Å². The minimum Gasteiger partial charge on any atom is -0.493 e. The van der Waals surface area contributed by atoms with Crippen LogP contribution in [-0.2, 0) is 39.9 Å². The van der Waals surface area contributed by atoms with Gasteiger partial charge in [0.2, 0.25) is 29.6 Å². The van der Waals surface area contributed by atoms with Crippen molar-refractivity contribution in [3.05, 3.63) is 53.2 Å². The van der Waals surface area contributed by atoms with Gasteiger partial charge < -0.3 is 69.7 Å². The Morgan fingerprint density at radius 2 is 1.49 bits per heavy atom. The van der Waals surface area contributed by atoms with Gasteiger partial charge in [-0.2, -0.15) is 4.98 Å². The second-order valence-corrected chi connectivity index (χ2v) is 24.6. The smallest absolute Gasteiger partial charge is 0.251 e. The van der Waals surface area contributed by atoms with Gasteiger partial charge in [-0.15, -0.1) is 11.3 Å². The van der Waals surface area contributed by atoms with Crippen LogP contribution in [0.1, 0.15) is 103 Å². The number of aliphatic hydroxyl groups is 1. The molecule has 4 saturated heterocycles. The molecule has 8 rings (SSSR count). The molecule has 21 nitrogen and oxygen atoms in total. The predicted octanol–water partition coefficient (Wildman–Crippen LogP) is 6.19. The Labute approximate surface area is 502 Å². The van der Waals surface area contributed by atoms with E-state index in [1.165, 1.54) is 17.7 Å². The van der Waals surface area contributed by atoms with E-state index in [4.69, 9.17) is 33.7 Å². The number of hydrogen-bond acceptors (Lipinski definition) is 18. The van der Waals surface area contributed by atoms with E-state index in [-0.39, 0.29) is 95.4 Å². The van der Waals surface area contributed by atoms with Gasteiger partial charge in [-0.1, -0.05) is 45.0 Å². The number of carbonyl (C=O) groups excluding carboxylic acids is 4. The fourth-order valence-corrected chi connectivity index (χ4v) is 12.0. The van der Waals surface area contributed by atoms with Gasteiger partial charge in [0, 0.05) is 102 Å². The summed E-state index contributed by atoms with van der Waals surface area (Å²) in [5.74, 6) is -1.66. The number of rotatable bonds is 31. The second-order valence-electron chi connectivity index (χ2n) is 23.7. The Bertz CT molecular complexity index is 2780. The number of ether oxygens (including phenoxy) is 5. The number of likely N-dealkylation sites (tertiary alicyclic amines) is 3. The van der Waals surface area contributed by atoms with Gasteiger partial charge in [0.25, 0.3) is 5.92 Å². The van der Waals surface area contributed by atoms with Crippen molar-refractivity contribution >= 4 is 57.6 Å². The van der Waals surface area contributed by atoms with E-state index in [2.05, 4.69) is 36.1 Å². The maximum atomic E-state index is 14.2. The number of benzene rings is 2. The number of nitrogens with zero attached hydrogens (tertiary/aromatic N) is 7. The van der Waals surface area contributed by atoms with Crippen LogP contribution in [0.25, 0.3) is 21.3 Å². The van der Waals surface area contributed by atoms with Crippen molar-refractivity contribution in [3.63, 3.8) is 0 Å². The summed E-state index contributed by atoms with van der Waals surface area (Å²) < 4.78 is 57.3. The summed E-state index contributed by atoms with van der Waals surface area (Å²) in [6.07, 6.45) is 4.97. The molecule has 468 valence electrons. The number of hydrogen-bond donors (Lipinski definition) is 5. The second kappa shape index (κ2) is 31.7. The molecule has 3 atom stereocenters. The number of anilines is 2. The third-order valence-corrected chi connectivity index (χ3v) is 17.1. The number of aryl methyl sites for hydroxylation is 1. The lowest BCUT2D eigenvalue weighted by molar-refractivity contribution is -0.144. The van der Waals surface area contributed by atoms with Crippen LogP contribution in [0.4, 0.5) is 20.5 Å². The standard InChI is InChI=1S/C61H89F2N11O10S/c1-42-54(85-41-66-42)44-13-11-43(12-14-44)39-65-57(78)49-36-46(75)40-74(49)58(79)55(60(2,3)4)69-53(77)17-30-81-32-34-83-35-33-82-31-20-64-52(76)10-8-23-72-25-15-45(16-26-72)67-56-47-37-50(80-5)51(84-29-9-24-71-21-6-7-22-71)38-48(47)68-59(70-56)73-27-18-61(62,63)19-28-73/h11-14,37-38,41,45-46,49,55,75H,6-10,15-36,39-40H2,1-5H3,(H,64,76)(H,65,78)(H,69,77)(H,67,68,70)/t46-,49+,55-/m1/s1. The highest BCUT2D eigenvalue weighted by Gasteiger charge is 2.44. The molecular formula is C61H89F2N11O10S. The maximum absolute atomic E-state index is 14.2. The first-order valence-electron chi connectivity index (χ1n) is 30.3. The number of piperidine rings is 2. The number of β-amino-alcohol motifs (C(OH)–C–C–N with tert-alkyl or cyclic N) is 1. The van der Waals surface area contributed by atoms with Crippen molar-refractivity contribution < 1.29 is 56.7 Å². The molecule has 4 aliphatic heterocycles. The Hall–Kier alpha value is -5.89. The monoisotopic (exact) mass is 1210 g/mol. The quantitative estimate of drug-likeness (QED) is 0.0353. The van der Waals surface area contributed by atoms with Gasteiger partial charge in [-0.25, -0.2) is 18.7 Å². The lowest BCUT2D eigenvalue weighted by Crippen LogP contribution is -2.57. The zero-order chi connectivity index (χ0) is 60.3. The topological polar surface area (TPSA) is 234 Å². The van der Waals surface area contributed by atoms with E-state index >= 15 is 0 Å². The molecular weight excluding hydrogens is 1120 g/mol. The van der Waals surface area contributed by atoms with Gasteiger partial charge in [0.1, 0.15) is 17.9 Å². The number of alkyl halides is 2. The molecule has 85 heavy (non-hydrogen) atoms. The highest BCUT2D eigenvalue weighted by atomic mass is 32.1. The number of methoxy groups -OCH3 is 1. The highest BCUT2D eigenvalue weighted by Crippen LogP contribution is 2.38. The molecule has 5 N–H and O–H groups in total. The molecule has 0 radical (unpaired) electrons. The largest absolute Gasteiger partial charge is 0.493 e. The van der Waals surface area contributed by atoms with Crippen LogP contribution in [0.5, 0.6) is 11.5 Å². The number of amides is 4. The van der Waals surface area contributed by atoms with Crippen molar-refractivity contribution in [3.8, 4) is 21.9 Å². The summed E-state index contributed by atoms with van der Waals surface area (Å²) in [5, 5.41) is 23.8. The zero-order valence-corrected chi connectivity index (χ0v) is 51.1. The third-order valence-electron chi connectivity index (χ3n) is 16.1. The Morgan fingerprint density at radius 3 is 2.18 bits per heavy atom. The molecule has 0 aliphatic carbocycles. The van der Waals surface area contributed by atoms with Gasteiger partial charge in [0.15, 0.2) is 11.5 Å². The highest BCUT2D eigenvalue weighted by molar-refractivity contribution is 7.13. The van der Waals surface area contributed by atoms with E-state index in [9.17, 15) is 33.1 Å². The van der Waals surface area contributed by atoms with Gasteiger partial charge in [-0.05, 0) is 87.7 Å². The Balaban J connectivity index is 0.660. The molecule has 0 saturated carbocycles. The van der Waals surface area contributed by atoms with Crippen molar-refractivity contribution in [1.82, 2.24) is 45.6 Å². The molecule has 4 amide bonds. The summed E-state index contributed by atoms with van der Waals surface area (Å²) in [7, 11) is 1.62. The molecule has 4 aromatic rings. The molecule has 0 spiro atoms. The molecule has 4 aliphatic rings. The number of aliphatic hydroxyl groups excluding tert-OH is 1. The molecule has 6 heterocycles. The van der Waals surface area contributed by atoms with Crippen molar-refractivity contribution in [2.24, 2.45) is 5.41 Å². The summed E-state index contributed by atoms with van der Waals surface area (Å²) >= 11 is 1.57. The van der Waals surface area contributed by atoms with E-state index in [0.29, 0.717) is 68.2 Å². The third kappa shape index (κ3) is 19.6. The van der Waals surface area contributed by atoms with Crippen LogP contribution in [0.3, 0.4) is 0 Å². The fourth-order valence-electron chi connectivity index (χ4n) is 11.2. The van der Waals surface area contributed by atoms with E-state index in [0.717, 1.165) is 92.0 Å². The van der Waals surface area contributed by atoms with Gasteiger partial charge in [-0.3, -0.25) is 19.2 Å². The molecule has 2 aromatic carbocycles. The first-order valence-corrected chi connectivity index (χ1v) is 31.2. The lowest BCUT2D eigenvalue weighted by Gasteiger charge is -2.35. The van der Waals surface area contributed by atoms with Crippen LogP contribution in [0.15, 0.2) is 41.9 Å².